The van der Waals surface area contributed by atoms with E-state index >= 15 is 0 Å². The second kappa shape index (κ2) is 8.70. The Hall–Kier alpha value is -3.89. The fraction of sp³-hybridized carbons (Fsp3) is 0.136. The molecule has 0 unspecified atom stereocenters. The van der Waals surface area contributed by atoms with Gasteiger partial charge in [0.1, 0.15) is 5.82 Å². The molecule has 0 aliphatic carbocycles. The van der Waals surface area contributed by atoms with Crippen molar-refractivity contribution in [2.45, 2.75) is 13.5 Å². The van der Waals surface area contributed by atoms with Gasteiger partial charge in [-0.05, 0) is 36.1 Å². The molecule has 0 spiro atoms. The maximum Gasteiger partial charge on any atom is 0.488 e. The zero-order chi connectivity index (χ0) is 22.8. The van der Waals surface area contributed by atoms with Crippen molar-refractivity contribution in [3.05, 3.63) is 71.4 Å². The van der Waals surface area contributed by atoms with E-state index in [1.54, 1.807) is 36.4 Å². The van der Waals surface area contributed by atoms with E-state index in [0.29, 0.717) is 35.2 Å². The van der Waals surface area contributed by atoms with Gasteiger partial charge in [0.25, 0.3) is 0 Å². The molecule has 1 amide bonds. The first-order valence-electron chi connectivity index (χ1n) is 9.90. The number of nitrogens with zero attached hydrogens (tertiary/aromatic N) is 3. The molecule has 2 aromatic carbocycles. The zero-order valence-electron chi connectivity index (χ0n) is 17.6. The molecule has 10 heteroatoms. The Morgan fingerprint density at radius 1 is 1.16 bits per heavy atom. The minimum Gasteiger partial charge on any atom is -0.481 e. The number of hydrogen-bond acceptors (Lipinski definition) is 7. The van der Waals surface area contributed by atoms with Crippen molar-refractivity contribution < 1.29 is 19.6 Å². The summed E-state index contributed by atoms with van der Waals surface area (Å²) in [6, 6.07) is 15.8. The Bertz CT molecular complexity index is 1300. The molecule has 0 saturated heterocycles. The first kappa shape index (κ1) is 21.4. The second-order valence-corrected chi connectivity index (χ2v) is 7.29. The van der Waals surface area contributed by atoms with Gasteiger partial charge in [-0.1, -0.05) is 30.3 Å². The van der Waals surface area contributed by atoms with Crippen LogP contribution in [0.25, 0.3) is 16.9 Å². The third-order valence-corrected chi connectivity index (χ3v) is 5.12. The highest BCUT2D eigenvalue weighted by Gasteiger charge is 2.17. The average molecular weight is 431 g/mol. The molecule has 0 atom stereocenters. The third-order valence-electron chi connectivity index (χ3n) is 5.12. The van der Waals surface area contributed by atoms with E-state index in [1.807, 2.05) is 29.7 Å². The Balaban J connectivity index is 1.72. The molecule has 5 N–H and O–H groups in total. The van der Waals surface area contributed by atoms with Crippen LogP contribution in [0.5, 0.6) is 5.88 Å². The maximum atomic E-state index is 11.8. The van der Waals surface area contributed by atoms with Gasteiger partial charge in [-0.2, -0.15) is 9.97 Å². The summed E-state index contributed by atoms with van der Waals surface area (Å²) in [5.74, 6) is 0.760. The number of rotatable bonds is 7. The van der Waals surface area contributed by atoms with Gasteiger partial charge in [0, 0.05) is 29.3 Å². The molecule has 0 aliphatic rings. The lowest BCUT2D eigenvalue weighted by atomic mass is 9.80. The molecule has 0 fully saturated rings. The van der Waals surface area contributed by atoms with Crippen LogP contribution in [0, 0.1) is 6.92 Å². The standard InChI is InChI=1S/C22H22BN5O4/c1-13-9-17-16(21(24)29)7-4-8-18(17)28(13)22-26-19(11-20(27-22)32-2)25-12-14-5-3-6-15(10-14)23(30)31/h3-11,30-31H,12H2,1-2H3,(H2,24,29)(H,25,26,27). The Labute approximate surface area is 184 Å². The summed E-state index contributed by atoms with van der Waals surface area (Å²) in [5, 5.41) is 22.7. The Kier molecular flexibility index (Phi) is 5.80. The summed E-state index contributed by atoms with van der Waals surface area (Å²) in [5.41, 5.74) is 8.80. The number of primary amides is 1. The molecule has 0 bridgehead atoms. The lowest BCUT2D eigenvalue weighted by Crippen LogP contribution is -2.30. The number of ether oxygens (including phenoxy) is 1. The van der Waals surface area contributed by atoms with Crippen molar-refractivity contribution in [2.24, 2.45) is 5.73 Å². The van der Waals surface area contributed by atoms with Crippen LogP contribution in [0.15, 0.2) is 54.6 Å². The van der Waals surface area contributed by atoms with Gasteiger partial charge in [0.05, 0.1) is 12.6 Å². The number of carbonyl (C=O) groups is 1. The van der Waals surface area contributed by atoms with E-state index in [9.17, 15) is 14.8 Å². The topological polar surface area (TPSA) is 136 Å². The highest BCUT2D eigenvalue weighted by Crippen LogP contribution is 2.27. The summed E-state index contributed by atoms with van der Waals surface area (Å²) in [7, 11) is -0.00984. The number of nitrogens with one attached hydrogen (secondary N) is 1. The number of fused-ring (bicyclic) bond motifs is 1. The monoisotopic (exact) mass is 431 g/mol. The van der Waals surface area contributed by atoms with Crippen molar-refractivity contribution in [1.82, 2.24) is 14.5 Å². The second-order valence-electron chi connectivity index (χ2n) is 7.29. The first-order valence-corrected chi connectivity index (χ1v) is 9.90. The van der Waals surface area contributed by atoms with Crippen LogP contribution in [0.1, 0.15) is 21.6 Å². The molecule has 0 aliphatic heterocycles. The predicted octanol–water partition coefficient (Wildman–Crippen LogP) is 1.13. The lowest BCUT2D eigenvalue weighted by molar-refractivity contribution is 0.100. The van der Waals surface area contributed by atoms with Crippen LogP contribution in [-0.4, -0.2) is 44.7 Å². The van der Waals surface area contributed by atoms with E-state index in [-0.39, 0.29) is 0 Å². The zero-order valence-corrected chi connectivity index (χ0v) is 17.6. The normalized spacial score (nSPS) is 10.9. The van der Waals surface area contributed by atoms with Gasteiger partial charge in [0.15, 0.2) is 0 Å². The van der Waals surface area contributed by atoms with Gasteiger partial charge in [-0.15, -0.1) is 0 Å². The number of nitrogens with two attached hydrogens (primary N) is 1. The number of hydrogen-bond donors (Lipinski definition) is 4. The number of methoxy groups -OCH3 is 1. The molecular weight excluding hydrogens is 409 g/mol. The number of aromatic nitrogens is 3. The van der Waals surface area contributed by atoms with E-state index < -0.39 is 13.0 Å². The summed E-state index contributed by atoms with van der Waals surface area (Å²) in [6.45, 7) is 2.30. The third kappa shape index (κ3) is 4.14. The lowest BCUT2D eigenvalue weighted by Gasteiger charge is -2.12. The SMILES string of the molecule is COc1cc(NCc2cccc(B(O)O)c2)nc(-n2c(C)cc3c(C(N)=O)cccc32)n1. The molecule has 32 heavy (non-hydrogen) atoms. The van der Waals surface area contributed by atoms with Gasteiger partial charge in [-0.25, -0.2) is 0 Å². The fourth-order valence-electron chi connectivity index (χ4n) is 3.61. The van der Waals surface area contributed by atoms with Crippen LogP contribution in [0.4, 0.5) is 5.82 Å². The molecule has 162 valence electrons. The maximum absolute atomic E-state index is 11.8. The average Bonchev–Trinajstić information content (AvgIpc) is 3.13. The van der Waals surface area contributed by atoms with E-state index in [4.69, 9.17) is 10.5 Å². The molecular formula is C22H22BN5O4. The van der Waals surface area contributed by atoms with Gasteiger partial charge in [0.2, 0.25) is 17.7 Å². The largest absolute Gasteiger partial charge is 0.488 e. The van der Waals surface area contributed by atoms with Crippen LogP contribution in [0.2, 0.25) is 0 Å². The summed E-state index contributed by atoms with van der Waals surface area (Å²) < 4.78 is 7.20. The van der Waals surface area contributed by atoms with Crippen LogP contribution in [-0.2, 0) is 6.54 Å². The molecule has 9 nitrogen and oxygen atoms in total. The van der Waals surface area contributed by atoms with Gasteiger partial charge in [-0.3, -0.25) is 9.36 Å². The van der Waals surface area contributed by atoms with Crippen molar-refractivity contribution in [3.63, 3.8) is 0 Å². The Morgan fingerprint density at radius 2 is 1.94 bits per heavy atom. The highest BCUT2D eigenvalue weighted by molar-refractivity contribution is 6.58. The van der Waals surface area contributed by atoms with Crippen molar-refractivity contribution in [1.29, 1.82) is 0 Å². The Morgan fingerprint density at radius 3 is 2.66 bits per heavy atom. The minimum atomic E-state index is -1.53. The quantitative estimate of drug-likeness (QED) is 0.322. The van der Waals surface area contributed by atoms with Crippen LogP contribution in [0.3, 0.4) is 0 Å². The highest BCUT2D eigenvalue weighted by atomic mass is 16.5. The fourth-order valence-corrected chi connectivity index (χ4v) is 3.61. The predicted molar refractivity (Wildman–Crippen MR) is 122 cm³/mol. The summed E-state index contributed by atoms with van der Waals surface area (Å²) in [4.78, 5) is 20.9. The van der Waals surface area contributed by atoms with E-state index in [2.05, 4.69) is 15.3 Å². The first-order chi connectivity index (χ1) is 15.4. The molecule has 4 aromatic rings. The van der Waals surface area contributed by atoms with E-state index in [1.165, 1.54) is 7.11 Å². The van der Waals surface area contributed by atoms with Crippen molar-refractivity contribution in [2.75, 3.05) is 12.4 Å². The number of aryl methyl sites for hydroxylation is 1. The van der Waals surface area contributed by atoms with E-state index in [0.717, 1.165) is 22.2 Å². The number of anilines is 1. The van der Waals surface area contributed by atoms with Crippen LogP contribution < -0.4 is 21.3 Å². The molecule has 4 rings (SSSR count). The summed E-state index contributed by atoms with van der Waals surface area (Å²) >= 11 is 0. The number of benzene rings is 2. The van der Waals surface area contributed by atoms with Gasteiger partial charge >= 0.3 is 7.12 Å². The van der Waals surface area contributed by atoms with Crippen molar-refractivity contribution in [3.8, 4) is 11.8 Å². The smallest absolute Gasteiger partial charge is 0.481 e. The summed E-state index contributed by atoms with van der Waals surface area (Å²) in [6.07, 6.45) is 0. The molecule has 0 radical (unpaired) electrons. The molecule has 0 saturated carbocycles. The van der Waals surface area contributed by atoms with Crippen molar-refractivity contribution >= 4 is 35.2 Å². The van der Waals surface area contributed by atoms with Crippen LogP contribution >= 0.6 is 0 Å². The molecule has 2 aromatic heterocycles. The minimum absolute atomic E-state index is 0.365. The number of carbonyl (C=O) groups excluding carboxylic acids is 1. The van der Waals surface area contributed by atoms with Gasteiger partial charge < -0.3 is 25.8 Å². The molecule has 2 heterocycles. The number of amides is 1.